The van der Waals surface area contributed by atoms with Crippen molar-refractivity contribution in [3.63, 3.8) is 0 Å². The lowest BCUT2D eigenvalue weighted by Gasteiger charge is -2.27. The third-order valence-electron chi connectivity index (χ3n) is 8.00. The van der Waals surface area contributed by atoms with Crippen LogP contribution in [0.3, 0.4) is 0 Å². The molecule has 5 rings (SSSR count). The Balaban J connectivity index is 1.39. The summed E-state index contributed by atoms with van der Waals surface area (Å²) in [5.74, 6) is 0.605. The quantitative estimate of drug-likeness (QED) is 0.298. The average molecular weight is 541 g/mol. The van der Waals surface area contributed by atoms with Crippen LogP contribution in [0.1, 0.15) is 61.1 Å². The Labute approximate surface area is 237 Å². The van der Waals surface area contributed by atoms with Gasteiger partial charge in [0.05, 0.1) is 17.9 Å². The largest absolute Gasteiger partial charge is 0.489 e. The number of hydrogen-bond donors (Lipinski definition) is 1. The van der Waals surface area contributed by atoms with Gasteiger partial charge in [0, 0.05) is 48.7 Å². The number of amides is 1. The van der Waals surface area contributed by atoms with Crippen LogP contribution in [0.4, 0.5) is 0 Å². The van der Waals surface area contributed by atoms with Crippen molar-refractivity contribution in [1.29, 1.82) is 0 Å². The molecule has 2 aromatic heterocycles. The molecule has 2 aromatic carbocycles. The highest BCUT2D eigenvalue weighted by Crippen LogP contribution is 2.30. The molecular weight excluding hydrogens is 500 g/mol. The van der Waals surface area contributed by atoms with Gasteiger partial charge in [-0.2, -0.15) is 10.2 Å². The number of ether oxygens (including phenoxy) is 1. The average Bonchev–Trinajstić information content (AvgIpc) is 3.70. The van der Waals surface area contributed by atoms with Gasteiger partial charge in [-0.25, -0.2) is 0 Å². The van der Waals surface area contributed by atoms with Crippen molar-refractivity contribution in [1.82, 2.24) is 29.8 Å². The molecule has 0 aliphatic carbocycles. The minimum absolute atomic E-state index is 0.0508. The standard InChI is InChI=1S/C32H40N6O2/c1-7-38-14-12-30(35-38)26-16-24(15-25(17-26)27-19-33-37(6)20-27)22(3)34-32(39)29-18-28(11-10-21(29)2)40-23(4)31-9-8-13-36(31)5/h10-12,14-20,22-23,31H,7-9,13H2,1-6H3,(H,34,39)/t22-,23+,31?/m1/s1. The molecule has 8 nitrogen and oxygen atoms in total. The lowest BCUT2D eigenvalue weighted by molar-refractivity contribution is 0.0936. The van der Waals surface area contributed by atoms with Crippen LogP contribution in [0.5, 0.6) is 5.75 Å². The van der Waals surface area contributed by atoms with Crippen molar-refractivity contribution >= 4 is 5.91 Å². The van der Waals surface area contributed by atoms with Crippen molar-refractivity contribution in [2.45, 2.75) is 65.3 Å². The van der Waals surface area contributed by atoms with Crippen LogP contribution in [-0.4, -0.2) is 56.1 Å². The third-order valence-corrected chi connectivity index (χ3v) is 8.00. The van der Waals surface area contributed by atoms with E-state index in [0.717, 1.165) is 58.8 Å². The number of likely N-dealkylation sites (tertiary alicyclic amines) is 1. The number of nitrogens with zero attached hydrogens (tertiary/aromatic N) is 5. The van der Waals surface area contributed by atoms with E-state index >= 15 is 0 Å². The molecule has 1 fully saturated rings. The Hall–Kier alpha value is -3.91. The van der Waals surface area contributed by atoms with Crippen LogP contribution in [0, 0.1) is 6.92 Å². The van der Waals surface area contributed by atoms with Gasteiger partial charge < -0.3 is 10.1 Å². The van der Waals surface area contributed by atoms with E-state index in [1.54, 1.807) is 4.68 Å². The summed E-state index contributed by atoms with van der Waals surface area (Å²) in [5, 5.41) is 12.3. The molecule has 1 amide bonds. The second-order valence-electron chi connectivity index (χ2n) is 11.0. The van der Waals surface area contributed by atoms with Gasteiger partial charge in [0.15, 0.2) is 0 Å². The van der Waals surface area contributed by atoms with Gasteiger partial charge in [-0.1, -0.05) is 6.07 Å². The number of carbonyl (C=O) groups excluding carboxylic acids is 1. The molecule has 0 radical (unpaired) electrons. The topological polar surface area (TPSA) is 77.2 Å². The van der Waals surface area contributed by atoms with Crippen molar-refractivity contribution in [3.05, 3.63) is 77.7 Å². The zero-order valence-electron chi connectivity index (χ0n) is 24.4. The minimum atomic E-state index is -0.230. The van der Waals surface area contributed by atoms with Gasteiger partial charge in [-0.3, -0.25) is 19.1 Å². The van der Waals surface area contributed by atoms with Crippen LogP contribution in [0.25, 0.3) is 22.4 Å². The maximum Gasteiger partial charge on any atom is 0.252 e. The Morgan fingerprint density at radius 2 is 1.90 bits per heavy atom. The van der Waals surface area contributed by atoms with Gasteiger partial charge in [0.2, 0.25) is 0 Å². The first-order valence-corrected chi connectivity index (χ1v) is 14.2. The van der Waals surface area contributed by atoms with Gasteiger partial charge in [-0.15, -0.1) is 0 Å². The molecule has 8 heteroatoms. The Kier molecular flexibility index (Phi) is 8.07. The van der Waals surface area contributed by atoms with E-state index in [4.69, 9.17) is 9.84 Å². The number of benzene rings is 2. The van der Waals surface area contributed by atoms with Crippen molar-refractivity contribution in [2.75, 3.05) is 13.6 Å². The number of carbonyl (C=O) groups is 1. The molecule has 3 heterocycles. The number of aromatic nitrogens is 4. The van der Waals surface area contributed by atoms with Gasteiger partial charge in [0.25, 0.3) is 5.91 Å². The Morgan fingerprint density at radius 1 is 1.10 bits per heavy atom. The van der Waals surface area contributed by atoms with E-state index in [9.17, 15) is 4.79 Å². The van der Waals surface area contributed by atoms with Crippen LogP contribution >= 0.6 is 0 Å². The first kappa shape index (κ1) is 27.6. The van der Waals surface area contributed by atoms with E-state index in [-0.39, 0.29) is 18.1 Å². The molecule has 1 N–H and O–H groups in total. The third kappa shape index (κ3) is 5.97. The summed E-state index contributed by atoms with van der Waals surface area (Å²) in [5.41, 5.74) is 6.49. The number of nitrogens with one attached hydrogen (secondary N) is 1. The Bertz CT molecular complexity index is 1490. The van der Waals surface area contributed by atoms with E-state index in [1.807, 2.05) is 68.4 Å². The van der Waals surface area contributed by atoms with Crippen LogP contribution in [0.2, 0.25) is 0 Å². The monoisotopic (exact) mass is 540 g/mol. The van der Waals surface area contributed by atoms with E-state index in [2.05, 4.69) is 54.4 Å². The molecule has 1 saturated heterocycles. The predicted octanol–water partition coefficient (Wildman–Crippen LogP) is 5.63. The highest BCUT2D eigenvalue weighted by atomic mass is 16.5. The van der Waals surface area contributed by atoms with E-state index in [0.29, 0.717) is 11.6 Å². The zero-order valence-corrected chi connectivity index (χ0v) is 24.4. The Morgan fingerprint density at radius 3 is 2.58 bits per heavy atom. The molecular formula is C32H40N6O2. The molecule has 4 aromatic rings. The fourth-order valence-electron chi connectivity index (χ4n) is 5.58. The summed E-state index contributed by atoms with van der Waals surface area (Å²) in [6, 6.07) is 14.3. The highest BCUT2D eigenvalue weighted by Gasteiger charge is 2.28. The predicted molar refractivity (Wildman–Crippen MR) is 158 cm³/mol. The number of hydrogen-bond acceptors (Lipinski definition) is 5. The summed E-state index contributed by atoms with van der Waals surface area (Å²) in [4.78, 5) is 15.9. The molecule has 3 atom stereocenters. The van der Waals surface area contributed by atoms with E-state index in [1.165, 1.54) is 6.42 Å². The summed E-state index contributed by atoms with van der Waals surface area (Å²) in [7, 11) is 4.06. The second kappa shape index (κ2) is 11.7. The van der Waals surface area contributed by atoms with Crippen molar-refractivity contribution in [2.24, 2.45) is 7.05 Å². The molecule has 1 aliphatic heterocycles. The number of rotatable bonds is 9. The lowest BCUT2D eigenvalue weighted by Crippen LogP contribution is -2.38. The maximum atomic E-state index is 13.5. The summed E-state index contributed by atoms with van der Waals surface area (Å²) >= 11 is 0. The molecule has 0 spiro atoms. The smallest absolute Gasteiger partial charge is 0.252 e. The second-order valence-corrected chi connectivity index (χ2v) is 11.0. The van der Waals surface area contributed by atoms with Crippen molar-refractivity contribution in [3.8, 4) is 28.1 Å². The maximum absolute atomic E-state index is 13.5. The first-order chi connectivity index (χ1) is 19.2. The van der Waals surface area contributed by atoms with Gasteiger partial charge in [-0.05, 0) is 107 Å². The lowest BCUT2D eigenvalue weighted by atomic mass is 9.96. The van der Waals surface area contributed by atoms with Crippen LogP contribution in [-0.2, 0) is 13.6 Å². The van der Waals surface area contributed by atoms with E-state index < -0.39 is 0 Å². The molecule has 40 heavy (non-hydrogen) atoms. The van der Waals surface area contributed by atoms with Gasteiger partial charge >= 0.3 is 0 Å². The molecule has 210 valence electrons. The molecule has 0 saturated carbocycles. The fraction of sp³-hybridized carbons (Fsp3) is 0.406. The number of aryl methyl sites for hydroxylation is 3. The first-order valence-electron chi connectivity index (χ1n) is 14.2. The highest BCUT2D eigenvalue weighted by molar-refractivity contribution is 5.96. The van der Waals surface area contributed by atoms with Crippen LogP contribution < -0.4 is 10.1 Å². The molecule has 1 unspecified atom stereocenters. The SMILES string of the molecule is CCn1ccc(-c2cc(-c3cnn(C)c3)cc([C@@H](C)NC(=O)c3cc(O[C@@H](C)C4CCCN4C)ccc3C)c2)n1. The molecule has 1 aliphatic rings. The fourth-order valence-corrected chi connectivity index (χ4v) is 5.58. The van der Waals surface area contributed by atoms with Crippen LogP contribution in [0.15, 0.2) is 61.1 Å². The zero-order chi connectivity index (χ0) is 28.4. The van der Waals surface area contributed by atoms with Gasteiger partial charge in [0.1, 0.15) is 11.9 Å². The normalized spacial score (nSPS) is 17.1. The summed E-state index contributed by atoms with van der Waals surface area (Å²) in [6.45, 7) is 10.1. The molecule has 0 bridgehead atoms. The minimum Gasteiger partial charge on any atom is -0.489 e. The summed E-state index contributed by atoms with van der Waals surface area (Å²) in [6.07, 6.45) is 8.22. The van der Waals surface area contributed by atoms with Crippen molar-refractivity contribution < 1.29 is 9.53 Å². The number of likely N-dealkylation sites (N-methyl/N-ethyl adjacent to an activating group) is 1. The summed E-state index contributed by atoms with van der Waals surface area (Å²) < 4.78 is 10.0.